The van der Waals surface area contributed by atoms with Gasteiger partial charge >= 0.3 is 16.1 Å². The van der Waals surface area contributed by atoms with Crippen molar-refractivity contribution >= 4 is 53.3 Å². The molecule has 282 valence electrons. The predicted octanol–water partition coefficient (Wildman–Crippen LogP) is 4.75. The summed E-state index contributed by atoms with van der Waals surface area (Å²) in [7, 11) is -8.68. The zero-order valence-corrected chi connectivity index (χ0v) is 31.4. The summed E-state index contributed by atoms with van der Waals surface area (Å²) in [5.74, 6) is -3.37. The molecule has 1 heterocycles. The van der Waals surface area contributed by atoms with E-state index >= 15 is 0 Å². The molecule has 4 aromatic rings. The number of benzene rings is 4. The van der Waals surface area contributed by atoms with Gasteiger partial charge in [0.2, 0.25) is 8.87 Å². The first-order chi connectivity index (χ1) is 25.6. The Kier molecular flexibility index (Phi) is 12.1. The summed E-state index contributed by atoms with van der Waals surface area (Å²) in [4.78, 5) is 51.5. The van der Waals surface area contributed by atoms with Crippen LogP contribution in [-0.2, 0) is 48.9 Å². The minimum atomic E-state index is -4.61. The third-order valence-corrected chi connectivity index (χ3v) is 12.9. The highest BCUT2D eigenvalue weighted by atomic mass is 33.1. The number of β-lactam (4-membered cyclic amide) rings is 1. The Labute approximate surface area is 314 Å². The number of likely N-dealkylation sites (tertiary alicyclic amines) is 1. The second-order valence-electron chi connectivity index (χ2n) is 11.9. The van der Waals surface area contributed by atoms with Crippen molar-refractivity contribution in [1.29, 1.82) is 0 Å². The number of nitrogens with zero attached hydrogens (tertiary/aromatic N) is 2. The Morgan fingerprint density at radius 3 is 2.00 bits per heavy atom. The Balaban J connectivity index is 1.51. The summed E-state index contributed by atoms with van der Waals surface area (Å²) in [6.45, 7) is 3.54. The van der Waals surface area contributed by atoms with E-state index in [1.54, 1.807) is 56.3 Å². The van der Waals surface area contributed by atoms with Crippen LogP contribution in [0.4, 0.5) is 5.69 Å². The van der Waals surface area contributed by atoms with Gasteiger partial charge in [0.05, 0.1) is 9.82 Å². The van der Waals surface area contributed by atoms with Crippen molar-refractivity contribution in [2.75, 3.05) is 6.61 Å². The van der Waals surface area contributed by atoms with Gasteiger partial charge in [0.1, 0.15) is 34.4 Å². The largest absolute Gasteiger partial charge is 0.484 e. The fourth-order valence-electron chi connectivity index (χ4n) is 5.00. The Morgan fingerprint density at radius 1 is 0.852 bits per heavy atom. The summed E-state index contributed by atoms with van der Waals surface area (Å²) < 4.78 is 70.3. The van der Waals surface area contributed by atoms with Crippen molar-refractivity contribution in [2.45, 2.75) is 48.6 Å². The third-order valence-electron chi connectivity index (χ3n) is 7.84. The molecule has 18 heteroatoms. The molecule has 2 amide bonds. The molecule has 0 bridgehead atoms. The average Bonchev–Trinajstić information content (AvgIpc) is 3.14. The first-order valence-corrected chi connectivity index (χ1v) is 20.3. The molecule has 0 aromatic heterocycles. The number of carbonyl (C=O) groups excluding carboxylic acids is 3. The number of hydrogen-bond donors (Lipinski definition) is 1. The number of nitrogens with one attached hydrogen (secondary N) is 1. The number of amides is 2. The number of esters is 1. The molecule has 0 spiro atoms. The van der Waals surface area contributed by atoms with Crippen LogP contribution in [0.15, 0.2) is 124 Å². The minimum absolute atomic E-state index is 0.143. The monoisotopic (exact) mass is 795 g/mol. The number of non-ortho nitro benzene ring substituents is 1. The van der Waals surface area contributed by atoms with E-state index in [4.69, 9.17) is 13.7 Å². The van der Waals surface area contributed by atoms with Gasteiger partial charge < -0.3 is 19.0 Å². The molecule has 1 aliphatic rings. The van der Waals surface area contributed by atoms with Gasteiger partial charge in [-0.05, 0) is 74.9 Å². The number of rotatable bonds is 15. The van der Waals surface area contributed by atoms with Crippen LogP contribution in [0.1, 0.15) is 23.6 Å². The van der Waals surface area contributed by atoms with Crippen LogP contribution in [0.25, 0.3) is 0 Å². The smallest absolute Gasteiger partial charge is 0.359 e. The summed E-state index contributed by atoms with van der Waals surface area (Å²) in [5, 5.41) is 12.0. The molecule has 1 aliphatic heterocycles. The lowest BCUT2D eigenvalue weighted by atomic mass is 10.1. The summed E-state index contributed by atoms with van der Waals surface area (Å²) in [6, 6.07) is 23.2. The van der Waals surface area contributed by atoms with Crippen molar-refractivity contribution in [2.24, 2.45) is 0 Å². The van der Waals surface area contributed by atoms with Gasteiger partial charge in [-0.15, -0.1) is 0 Å². The highest BCUT2D eigenvalue weighted by Gasteiger charge is 2.55. The Bertz CT molecular complexity index is 2300. The quantitative estimate of drug-likeness (QED) is 0.0253. The lowest BCUT2D eigenvalue weighted by Crippen LogP contribution is -2.70. The van der Waals surface area contributed by atoms with E-state index in [0.29, 0.717) is 16.2 Å². The standard InChI is InChI=1S/C36H33N3O12S3/c1-23-9-17-29(18-10-23)53(45,46)51-25(3)33(36(42)50-21-26-13-15-27(16-14-26)39(43)44)38-34(41)32(37-31(40)22-49-28-7-5-4-6-8-28)35(38)52-54(47,48)30-19-11-24(2)12-20-30/h4-20,32,35H,21-22H2,1-3H3,(H,37,40)/b33-25+. The van der Waals surface area contributed by atoms with Crippen LogP contribution in [0, 0.1) is 24.0 Å². The number of aryl methyl sites for hydroxylation is 2. The fourth-order valence-corrected chi connectivity index (χ4v) is 9.45. The van der Waals surface area contributed by atoms with E-state index in [0.717, 1.165) is 18.1 Å². The van der Waals surface area contributed by atoms with E-state index in [1.807, 2.05) is 0 Å². The number of allylic oxidation sites excluding steroid dienone is 1. The lowest BCUT2D eigenvalue weighted by Gasteiger charge is -2.46. The summed E-state index contributed by atoms with van der Waals surface area (Å²) >= 11 is 0. The fraction of sp³-hybridized carbons (Fsp3) is 0.194. The number of ether oxygens (including phenoxy) is 2. The van der Waals surface area contributed by atoms with Gasteiger partial charge in [0.15, 0.2) is 12.3 Å². The molecule has 2 atom stereocenters. The minimum Gasteiger partial charge on any atom is -0.484 e. The maximum absolute atomic E-state index is 13.9. The normalized spacial score (nSPS) is 16.1. The van der Waals surface area contributed by atoms with Gasteiger partial charge in [0.25, 0.3) is 17.5 Å². The molecule has 54 heavy (non-hydrogen) atoms. The molecule has 0 aliphatic carbocycles. The molecule has 4 aromatic carbocycles. The van der Waals surface area contributed by atoms with Gasteiger partial charge in [-0.2, -0.15) is 8.42 Å². The van der Waals surface area contributed by atoms with E-state index in [-0.39, 0.29) is 26.3 Å². The van der Waals surface area contributed by atoms with Crippen molar-refractivity contribution in [3.63, 3.8) is 0 Å². The van der Waals surface area contributed by atoms with Gasteiger partial charge in [-0.25, -0.2) is 13.2 Å². The van der Waals surface area contributed by atoms with Gasteiger partial charge in [-0.3, -0.25) is 24.6 Å². The van der Waals surface area contributed by atoms with Crippen molar-refractivity contribution in [3.05, 3.63) is 141 Å². The first kappa shape index (κ1) is 39.5. The number of nitro groups is 1. The van der Waals surface area contributed by atoms with Crippen molar-refractivity contribution in [3.8, 4) is 5.75 Å². The maximum Gasteiger partial charge on any atom is 0.359 e. The topological polar surface area (TPSA) is 206 Å². The van der Waals surface area contributed by atoms with Crippen LogP contribution in [0.2, 0.25) is 0 Å². The molecule has 0 radical (unpaired) electrons. The SMILES string of the molecule is C/C(OS(=O)(=O)c1ccc(C)cc1)=C(/C(=O)OCc1ccc([N+](=O)[O-])cc1)N1C(=O)C(NC(=O)COc2ccccc2)C1SS(=O)(=O)c1ccc(C)cc1. The second-order valence-corrected chi connectivity index (χ2v) is 17.4. The van der Waals surface area contributed by atoms with Crippen LogP contribution < -0.4 is 10.1 Å². The average molecular weight is 796 g/mol. The van der Waals surface area contributed by atoms with Gasteiger partial charge in [-0.1, -0.05) is 53.6 Å². The van der Waals surface area contributed by atoms with Crippen molar-refractivity contribution in [1.82, 2.24) is 10.2 Å². The number of nitro benzene ring substituents is 1. The molecule has 1 fully saturated rings. The molecular formula is C36H33N3O12S3. The molecule has 0 saturated carbocycles. The molecule has 5 rings (SSSR count). The van der Waals surface area contributed by atoms with Crippen molar-refractivity contribution < 1.29 is 49.8 Å². The third kappa shape index (κ3) is 9.44. The Hall–Kier alpha value is -5.72. The summed E-state index contributed by atoms with van der Waals surface area (Å²) in [6.07, 6.45) is 0. The van der Waals surface area contributed by atoms with Crippen LogP contribution in [0.3, 0.4) is 0 Å². The van der Waals surface area contributed by atoms with E-state index in [1.165, 1.54) is 60.7 Å². The zero-order valence-electron chi connectivity index (χ0n) is 28.9. The van der Waals surface area contributed by atoms with Gasteiger partial charge in [0, 0.05) is 22.9 Å². The van der Waals surface area contributed by atoms with E-state index in [9.17, 15) is 41.3 Å². The lowest BCUT2D eigenvalue weighted by molar-refractivity contribution is -0.384. The molecule has 15 nitrogen and oxygen atoms in total. The number of hydrogen-bond acceptors (Lipinski definition) is 13. The molecule has 2 unspecified atom stereocenters. The Morgan fingerprint density at radius 2 is 1.43 bits per heavy atom. The molecular weight excluding hydrogens is 763 g/mol. The van der Waals surface area contributed by atoms with Crippen LogP contribution in [0.5, 0.6) is 5.75 Å². The molecule has 1 saturated heterocycles. The number of para-hydroxylation sites is 1. The van der Waals surface area contributed by atoms with E-state index in [2.05, 4.69) is 5.32 Å². The number of carbonyl (C=O) groups is 3. The summed E-state index contributed by atoms with van der Waals surface area (Å²) in [5.41, 5.74) is 0.830. The second kappa shape index (κ2) is 16.5. The predicted molar refractivity (Wildman–Crippen MR) is 195 cm³/mol. The highest BCUT2D eigenvalue weighted by molar-refractivity contribution is 8.72. The van der Waals surface area contributed by atoms with E-state index < -0.39 is 77.8 Å². The van der Waals surface area contributed by atoms with Crippen LogP contribution >= 0.6 is 10.8 Å². The highest BCUT2D eigenvalue weighted by Crippen LogP contribution is 2.41. The molecule has 1 N–H and O–H groups in total. The van der Waals surface area contributed by atoms with Crippen LogP contribution in [-0.4, -0.2) is 62.5 Å². The zero-order chi connectivity index (χ0) is 39.2. The maximum atomic E-state index is 13.9. The first-order valence-electron chi connectivity index (χ1n) is 16.0.